The van der Waals surface area contributed by atoms with E-state index >= 15 is 0 Å². The first kappa shape index (κ1) is 22.5. The molecule has 0 atom stereocenters. The van der Waals surface area contributed by atoms with Crippen LogP contribution in [0.15, 0.2) is 42.7 Å². The highest BCUT2D eigenvalue weighted by molar-refractivity contribution is 7.22. The number of anilines is 3. The largest absolute Gasteiger partial charge is 0.497 e. The minimum absolute atomic E-state index is 0.109. The molecule has 2 heterocycles. The van der Waals surface area contributed by atoms with Gasteiger partial charge in [0.25, 0.3) is 5.91 Å². The molecule has 0 radical (unpaired) electrons. The van der Waals surface area contributed by atoms with Gasteiger partial charge in [-0.15, -0.1) is 0 Å². The van der Waals surface area contributed by atoms with Gasteiger partial charge in [0.15, 0.2) is 5.13 Å². The average Bonchev–Trinajstić information content (AvgIpc) is 3.18. The Morgan fingerprint density at radius 2 is 1.94 bits per heavy atom. The molecule has 0 saturated carbocycles. The number of halogens is 2. The first-order chi connectivity index (χ1) is 15.9. The number of nitrogens with one attached hydrogen (secondary N) is 3. The van der Waals surface area contributed by atoms with Gasteiger partial charge in [-0.1, -0.05) is 34.5 Å². The maximum Gasteiger partial charge on any atom is 0.355 e. The smallest absolute Gasteiger partial charge is 0.355 e. The van der Waals surface area contributed by atoms with E-state index in [1.807, 2.05) is 0 Å². The number of nitrogens with zero attached hydrogens (tertiary/aromatic N) is 4. The average molecular weight is 506 g/mol. The van der Waals surface area contributed by atoms with E-state index in [1.165, 1.54) is 29.5 Å². The Bertz CT molecular complexity index is 1380. The summed E-state index contributed by atoms with van der Waals surface area (Å²) >= 11 is 13.1. The van der Waals surface area contributed by atoms with Gasteiger partial charge in [0.1, 0.15) is 12.1 Å². The fourth-order valence-electron chi connectivity index (χ4n) is 2.78. The molecule has 4 aromatic rings. The van der Waals surface area contributed by atoms with Gasteiger partial charge in [0, 0.05) is 5.02 Å². The molecule has 0 saturated heterocycles. The Morgan fingerprint density at radius 3 is 2.67 bits per heavy atom. The molecule has 4 rings (SSSR count). The van der Waals surface area contributed by atoms with Gasteiger partial charge in [0.05, 0.1) is 32.8 Å². The zero-order valence-electron chi connectivity index (χ0n) is 16.6. The number of nitro groups is 1. The summed E-state index contributed by atoms with van der Waals surface area (Å²) < 4.78 is 6.02. The third kappa shape index (κ3) is 4.87. The number of thiazole rings is 1. The number of carbonyl (C=O) groups is 1. The minimum Gasteiger partial charge on any atom is -0.497 e. The third-order valence-electron chi connectivity index (χ3n) is 4.30. The topological polar surface area (TPSA) is 144 Å². The number of hydrogen-bond donors (Lipinski definition) is 3. The zero-order chi connectivity index (χ0) is 23.5. The molecule has 168 valence electrons. The first-order valence-electron chi connectivity index (χ1n) is 9.08. The van der Waals surface area contributed by atoms with Crippen LogP contribution in [0.25, 0.3) is 10.2 Å². The summed E-state index contributed by atoms with van der Waals surface area (Å²) in [5.41, 5.74) is 5.09. The van der Waals surface area contributed by atoms with Gasteiger partial charge in [-0.3, -0.25) is 25.8 Å². The number of carbonyl (C=O) groups excluding carboxylic acids is 1. The molecule has 0 unspecified atom stereocenters. The van der Waals surface area contributed by atoms with E-state index in [-0.39, 0.29) is 22.2 Å². The molecule has 0 aliphatic heterocycles. The number of ether oxygens (including phenoxy) is 1. The summed E-state index contributed by atoms with van der Waals surface area (Å²) in [4.78, 5) is 35.7. The molecular formula is C19H13Cl2N7O4S. The van der Waals surface area contributed by atoms with Crippen molar-refractivity contribution in [2.75, 3.05) is 17.9 Å². The second-order valence-corrected chi connectivity index (χ2v) is 8.23. The third-order valence-corrected chi connectivity index (χ3v) is 5.78. The van der Waals surface area contributed by atoms with Crippen molar-refractivity contribution in [2.24, 2.45) is 0 Å². The lowest BCUT2D eigenvalue weighted by molar-refractivity contribution is -0.383. The monoisotopic (exact) mass is 505 g/mol. The molecule has 0 fully saturated rings. The SMILES string of the molecule is COc1ccc2nc(Nc3ncnc(NNC(=O)c4ccc(Cl)cc4Cl)c3[N+](=O)[O-])sc2c1. The highest BCUT2D eigenvalue weighted by Gasteiger charge is 2.25. The maximum atomic E-state index is 12.4. The Kier molecular flexibility index (Phi) is 6.40. The standard InChI is InChI=1S/C19H13Cl2N7O4S/c1-32-10-3-5-13-14(7-10)33-19(24-13)25-16-15(28(30)31)17(23-8-22-16)26-27-18(29)11-4-2-9(20)6-12(11)21/h2-8H,1H3,(H,27,29)(H2,22,23,24,25,26). The summed E-state index contributed by atoms with van der Waals surface area (Å²) in [6.45, 7) is 0. The normalized spacial score (nSPS) is 10.6. The van der Waals surface area contributed by atoms with Crippen LogP contribution >= 0.6 is 34.5 Å². The summed E-state index contributed by atoms with van der Waals surface area (Å²) in [6, 6.07) is 9.65. The van der Waals surface area contributed by atoms with E-state index in [1.54, 1.807) is 25.3 Å². The Morgan fingerprint density at radius 1 is 1.15 bits per heavy atom. The van der Waals surface area contributed by atoms with E-state index in [0.29, 0.717) is 21.4 Å². The zero-order valence-corrected chi connectivity index (χ0v) is 19.0. The fraction of sp³-hybridized carbons (Fsp3) is 0.0526. The quantitative estimate of drug-likeness (QED) is 0.238. The van der Waals surface area contributed by atoms with Gasteiger partial charge < -0.3 is 10.1 Å². The van der Waals surface area contributed by atoms with E-state index < -0.39 is 16.5 Å². The number of hydrazine groups is 1. The van der Waals surface area contributed by atoms with Gasteiger partial charge in [-0.25, -0.2) is 15.0 Å². The molecule has 2 aromatic heterocycles. The molecule has 0 aliphatic carbocycles. The number of methoxy groups -OCH3 is 1. The minimum atomic E-state index is -0.678. The van der Waals surface area contributed by atoms with Crippen LogP contribution < -0.4 is 20.9 Å². The lowest BCUT2D eigenvalue weighted by atomic mass is 10.2. The molecule has 11 nitrogen and oxygen atoms in total. The number of benzene rings is 2. The van der Waals surface area contributed by atoms with Crippen LogP contribution in [0.1, 0.15) is 10.4 Å². The molecule has 1 amide bonds. The maximum absolute atomic E-state index is 12.4. The van der Waals surface area contributed by atoms with Crippen LogP contribution in [-0.2, 0) is 0 Å². The van der Waals surface area contributed by atoms with Crippen molar-refractivity contribution < 1.29 is 14.5 Å². The molecule has 0 aliphatic rings. The van der Waals surface area contributed by atoms with Crippen LogP contribution in [-0.4, -0.2) is 32.9 Å². The lowest BCUT2D eigenvalue weighted by Crippen LogP contribution is -2.30. The number of amides is 1. The number of rotatable bonds is 7. The molecule has 14 heteroatoms. The molecular weight excluding hydrogens is 493 g/mol. The molecule has 0 bridgehead atoms. The van der Waals surface area contributed by atoms with Gasteiger partial charge in [-0.05, 0) is 36.4 Å². The predicted molar refractivity (Wildman–Crippen MR) is 126 cm³/mol. The van der Waals surface area contributed by atoms with E-state index in [0.717, 1.165) is 11.0 Å². The van der Waals surface area contributed by atoms with Crippen molar-refractivity contribution in [3.63, 3.8) is 0 Å². The first-order valence-corrected chi connectivity index (χ1v) is 10.7. The van der Waals surface area contributed by atoms with Crippen LogP contribution in [0.2, 0.25) is 10.0 Å². The van der Waals surface area contributed by atoms with Gasteiger partial charge >= 0.3 is 5.69 Å². The van der Waals surface area contributed by atoms with Gasteiger partial charge in [0.2, 0.25) is 11.6 Å². The van der Waals surface area contributed by atoms with E-state index in [2.05, 4.69) is 31.1 Å². The number of aromatic nitrogens is 3. The second-order valence-electron chi connectivity index (χ2n) is 6.36. The predicted octanol–water partition coefficient (Wildman–Crippen LogP) is 4.81. The van der Waals surface area contributed by atoms with Crippen molar-refractivity contribution >= 4 is 73.1 Å². The highest BCUT2D eigenvalue weighted by atomic mass is 35.5. The second kappa shape index (κ2) is 9.40. The van der Waals surface area contributed by atoms with Crippen molar-refractivity contribution in [3.8, 4) is 5.75 Å². The van der Waals surface area contributed by atoms with Crippen LogP contribution in [0.3, 0.4) is 0 Å². The van der Waals surface area contributed by atoms with Crippen molar-refractivity contribution in [3.05, 3.63) is 68.4 Å². The summed E-state index contributed by atoms with van der Waals surface area (Å²) in [7, 11) is 1.56. The number of fused-ring (bicyclic) bond motifs is 1. The Hall–Kier alpha value is -3.74. The Labute approximate surface area is 199 Å². The van der Waals surface area contributed by atoms with Crippen LogP contribution in [0, 0.1) is 10.1 Å². The van der Waals surface area contributed by atoms with Crippen molar-refractivity contribution in [1.82, 2.24) is 20.4 Å². The van der Waals surface area contributed by atoms with E-state index in [9.17, 15) is 14.9 Å². The molecule has 0 spiro atoms. The highest BCUT2D eigenvalue weighted by Crippen LogP contribution is 2.35. The van der Waals surface area contributed by atoms with Crippen molar-refractivity contribution in [1.29, 1.82) is 0 Å². The molecule has 3 N–H and O–H groups in total. The molecule has 2 aromatic carbocycles. The van der Waals surface area contributed by atoms with Crippen LogP contribution in [0.4, 0.5) is 22.5 Å². The van der Waals surface area contributed by atoms with Gasteiger partial charge in [-0.2, -0.15) is 0 Å². The lowest BCUT2D eigenvalue weighted by Gasteiger charge is -2.10. The molecule has 33 heavy (non-hydrogen) atoms. The summed E-state index contributed by atoms with van der Waals surface area (Å²) in [6.07, 6.45) is 1.11. The number of hydrogen-bond acceptors (Lipinski definition) is 10. The van der Waals surface area contributed by atoms with E-state index in [4.69, 9.17) is 27.9 Å². The fourth-order valence-corrected chi connectivity index (χ4v) is 4.17. The van der Waals surface area contributed by atoms with Crippen molar-refractivity contribution in [2.45, 2.75) is 0 Å². The van der Waals surface area contributed by atoms with Crippen LogP contribution in [0.5, 0.6) is 5.75 Å². The Balaban J connectivity index is 1.58. The summed E-state index contributed by atoms with van der Waals surface area (Å²) in [5, 5.41) is 15.5. The summed E-state index contributed by atoms with van der Waals surface area (Å²) in [5.74, 6) is -0.325.